The maximum absolute atomic E-state index is 11.4. The van der Waals surface area contributed by atoms with E-state index in [0.717, 1.165) is 13.1 Å². The van der Waals surface area contributed by atoms with Crippen LogP contribution in [0.5, 0.6) is 0 Å². The van der Waals surface area contributed by atoms with E-state index in [-0.39, 0.29) is 24.7 Å². The van der Waals surface area contributed by atoms with Gasteiger partial charge in [-0.25, -0.2) is 0 Å². The molecule has 0 saturated carbocycles. The second kappa shape index (κ2) is 6.83. The van der Waals surface area contributed by atoms with E-state index in [2.05, 4.69) is 5.32 Å². The van der Waals surface area contributed by atoms with E-state index in [1.165, 1.54) is 0 Å². The normalized spacial score (nSPS) is 25.4. The van der Waals surface area contributed by atoms with Crippen molar-refractivity contribution < 1.29 is 14.3 Å². The van der Waals surface area contributed by atoms with Crippen LogP contribution in [0.15, 0.2) is 0 Å². The van der Waals surface area contributed by atoms with E-state index in [1.807, 2.05) is 13.8 Å². The minimum absolute atomic E-state index is 0.0133. The lowest BCUT2D eigenvalue weighted by Crippen LogP contribution is -2.45. The molecule has 2 unspecified atom stereocenters. The zero-order valence-corrected chi connectivity index (χ0v) is 10.4. The van der Waals surface area contributed by atoms with E-state index >= 15 is 0 Å². The summed E-state index contributed by atoms with van der Waals surface area (Å²) in [6, 6.07) is 0. The van der Waals surface area contributed by atoms with Crippen molar-refractivity contribution in [3.63, 3.8) is 0 Å². The summed E-state index contributed by atoms with van der Waals surface area (Å²) in [5.74, 6) is 0.0133. The molecule has 0 aromatic heterocycles. The lowest BCUT2D eigenvalue weighted by Gasteiger charge is -2.28. The van der Waals surface area contributed by atoms with Crippen LogP contribution >= 0.6 is 0 Å². The number of amides is 1. The fraction of sp³-hybridized carbons (Fsp3) is 0.909. The predicted octanol–water partition coefficient (Wildman–Crippen LogP) is -0.142. The summed E-state index contributed by atoms with van der Waals surface area (Å²) in [5, 5.41) is 3.26. The smallest absolute Gasteiger partial charge is 0.248 e. The van der Waals surface area contributed by atoms with Gasteiger partial charge in [0.25, 0.3) is 0 Å². The molecule has 1 heterocycles. The molecule has 1 aliphatic rings. The Labute approximate surface area is 97.1 Å². The zero-order valence-electron chi connectivity index (χ0n) is 10.4. The SMILES string of the molecule is CCN(C)C(=O)COCC1CNCC(C)O1. The molecule has 1 amide bonds. The lowest BCUT2D eigenvalue weighted by atomic mass is 10.2. The van der Waals surface area contributed by atoms with Crippen molar-refractivity contribution in [2.75, 3.05) is 39.9 Å². The average molecular weight is 230 g/mol. The third-order valence-corrected chi connectivity index (χ3v) is 2.66. The number of carbonyl (C=O) groups is 1. The number of hydrogen-bond donors (Lipinski definition) is 1. The van der Waals surface area contributed by atoms with Crippen molar-refractivity contribution in [1.82, 2.24) is 10.2 Å². The Kier molecular flexibility index (Phi) is 5.73. The summed E-state index contributed by atoms with van der Waals surface area (Å²) in [5.41, 5.74) is 0. The number of likely N-dealkylation sites (N-methyl/N-ethyl adjacent to an activating group) is 1. The number of morpholine rings is 1. The summed E-state index contributed by atoms with van der Waals surface area (Å²) < 4.78 is 11.0. The van der Waals surface area contributed by atoms with Crippen LogP contribution in [0, 0.1) is 0 Å². The van der Waals surface area contributed by atoms with Crippen LogP contribution in [0.1, 0.15) is 13.8 Å². The van der Waals surface area contributed by atoms with Gasteiger partial charge in [0, 0.05) is 26.7 Å². The molecular formula is C11H22N2O3. The molecule has 5 nitrogen and oxygen atoms in total. The van der Waals surface area contributed by atoms with Gasteiger partial charge < -0.3 is 19.7 Å². The van der Waals surface area contributed by atoms with Gasteiger partial charge in [-0.2, -0.15) is 0 Å². The summed E-state index contributed by atoms with van der Waals surface area (Å²) >= 11 is 0. The molecule has 94 valence electrons. The second-order valence-corrected chi connectivity index (χ2v) is 4.15. The number of hydrogen-bond acceptors (Lipinski definition) is 4. The molecule has 16 heavy (non-hydrogen) atoms. The van der Waals surface area contributed by atoms with E-state index in [0.29, 0.717) is 13.2 Å². The molecule has 0 aromatic carbocycles. The highest BCUT2D eigenvalue weighted by molar-refractivity contribution is 5.77. The molecule has 1 aliphatic heterocycles. The van der Waals surface area contributed by atoms with E-state index in [1.54, 1.807) is 11.9 Å². The number of nitrogens with one attached hydrogen (secondary N) is 1. The number of rotatable bonds is 5. The van der Waals surface area contributed by atoms with E-state index in [9.17, 15) is 4.79 Å². The number of carbonyl (C=O) groups excluding carboxylic acids is 1. The molecule has 2 atom stereocenters. The Bertz CT molecular complexity index is 223. The largest absolute Gasteiger partial charge is 0.370 e. The van der Waals surface area contributed by atoms with Crippen molar-refractivity contribution in [3.8, 4) is 0 Å². The Balaban J connectivity index is 2.12. The number of nitrogens with zero attached hydrogens (tertiary/aromatic N) is 1. The molecule has 0 aliphatic carbocycles. The first kappa shape index (κ1) is 13.4. The number of ether oxygens (including phenoxy) is 2. The fourth-order valence-corrected chi connectivity index (χ4v) is 1.53. The first-order chi connectivity index (χ1) is 7.63. The molecule has 5 heteroatoms. The standard InChI is InChI=1S/C11H22N2O3/c1-4-13(3)11(14)8-15-7-10-6-12-5-9(2)16-10/h9-10,12H,4-8H2,1-3H3. The van der Waals surface area contributed by atoms with Gasteiger partial charge in [0.05, 0.1) is 18.8 Å². The van der Waals surface area contributed by atoms with Gasteiger partial charge in [-0.3, -0.25) is 4.79 Å². The first-order valence-corrected chi connectivity index (χ1v) is 5.81. The van der Waals surface area contributed by atoms with Crippen molar-refractivity contribution >= 4 is 5.91 Å². The van der Waals surface area contributed by atoms with Gasteiger partial charge in [0.1, 0.15) is 6.61 Å². The second-order valence-electron chi connectivity index (χ2n) is 4.15. The summed E-state index contributed by atoms with van der Waals surface area (Å²) in [6.45, 7) is 6.96. The van der Waals surface area contributed by atoms with Gasteiger partial charge in [-0.15, -0.1) is 0 Å². The average Bonchev–Trinajstić information content (AvgIpc) is 2.28. The van der Waals surface area contributed by atoms with Crippen LogP contribution in [-0.2, 0) is 14.3 Å². The molecule has 1 saturated heterocycles. The fourth-order valence-electron chi connectivity index (χ4n) is 1.53. The molecule has 1 fully saturated rings. The van der Waals surface area contributed by atoms with Crippen LogP contribution in [0.2, 0.25) is 0 Å². The van der Waals surface area contributed by atoms with E-state index in [4.69, 9.17) is 9.47 Å². The molecule has 0 radical (unpaired) electrons. The molecule has 1 N–H and O–H groups in total. The van der Waals surface area contributed by atoms with Crippen molar-refractivity contribution in [2.45, 2.75) is 26.1 Å². The van der Waals surface area contributed by atoms with Crippen LogP contribution < -0.4 is 5.32 Å². The van der Waals surface area contributed by atoms with Gasteiger partial charge in [-0.1, -0.05) is 0 Å². The summed E-state index contributed by atoms with van der Waals surface area (Å²) in [4.78, 5) is 13.1. The minimum Gasteiger partial charge on any atom is -0.370 e. The molecule has 1 rings (SSSR count). The molecule has 0 aromatic rings. The highest BCUT2D eigenvalue weighted by Gasteiger charge is 2.19. The van der Waals surface area contributed by atoms with Crippen LogP contribution in [0.4, 0.5) is 0 Å². The van der Waals surface area contributed by atoms with Gasteiger partial charge in [0.2, 0.25) is 5.91 Å². The highest BCUT2D eigenvalue weighted by Crippen LogP contribution is 2.03. The Morgan fingerprint density at radius 3 is 2.94 bits per heavy atom. The summed E-state index contributed by atoms with van der Waals surface area (Å²) in [7, 11) is 1.77. The van der Waals surface area contributed by atoms with Crippen LogP contribution in [0.25, 0.3) is 0 Å². The maximum atomic E-state index is 11.4. The Morgan fingerprint density at radius 2 is 2.31 bits per heavy atom. The first-order valence-electron chi connectivity index (χ1n) is 5.81. The highest BCUT2D eigenvalue weighted by atomic mass is 16.5. The monoisotopic (exact) mass is 230 g/mol. The third kappa shape index (κ3) is 4.47. The molecular weight excluding hydrogens is 208 g/mol. The van der Waals surface area contributed by atoms with Crippen LogP contribution in [-0.4, -0.2) is 62.9 Å². The molecule has 0 spiro atoms. The van der Waals surface area contributed by atoms with Gasteiger partial charge in [-0.05, 0) is 13.8 Å². The Hall–Kier alpha value is -0.650. The molecule has 0 bridgehead atoms. The van der Waals surface area contributed by atoms with Gasteiger partial charge in [0.15, 0.2) is 0 Å². The van der Waals surface area contributed by atoms with Crippen molar-refractivity contribution in [3.05, 3.63) is 0 Å². The predicted molar refractivity (Wildman–Crippen MR) is 61.3 cm³/mol. The maximum Gasteiger partial charge on any atom is 0.248 e. The van der Waals surface area contributed by atoms with Gasteiger partial charge >= 0.3 is 0 Å². The van der Waals surface area contributed by atoms with Crippen LogP contribution in [0.3, 0.4) is 0 Å². The quantitative estimate of drug-likeness (QED) is 0.714. The van der Waals surface area contributed by atoms with Crippen molar-refractivity contribution in [1.29, 1.82) is 0 Å². The zero-order chi connectivity index (χ0) is 12.0. The summed E-state index contributed by atoms with van der Waals surface area (Å²) in [6.07, 6.45) is 0.278. The van der Waals surface area contributed by atoms with Crippen molar-refractivity contribution in [2.24, 2.45) is 0 Å². The third-order valence-electron chi connectivity index (χ3n) is 2.66. The van der Waals surface area contributed by atoms with E-state index < -0.39 is 0 Å². The topological polar surface area (TPSA) is 50.8 Å². The Morgan fingerprint density at radius 1 is 1.56 bits per heavy atom. The lowest BCUT2D eigenvalue weighted by molar-refractivity contribution is -0.137. The minimum atomic E-state index is 0.0133.